The van der Waals surface area contributed by atoms with Crippen molar-refractivity contribution in [2.75, 3.05) is 26.4 Å². The summed E-state index contributed by atoms with van der Waals surface area (Å²) in [7, 11) is 0. The summed E-state index contributed by atoms with van der Waals surface area (Å²) in [5.74, 6) is -6.14. The number of carboxylic acid groups (broad SMARTS) is 1. The molecule has 3 aliphatic rings. The summed E-state index contributed by atoms with van der Waals surface area (Å²) in [4.78, 5) is 38.5. The van der Waals surface area contributed by atoms with Crippen LogP contribution in [0.1, 0.15) is 245 Å². The SMILES string of the molecule is CCCCCCCCCCCCCCCCCCCC/C=C/C(O)C(COC1OC(CO)C(OC2OC(CO)C(O)C(OC3(C(=O)O)CC(O)C(NC(C)=O)C(C(O)C(O)CO)O3)C2O)C(O)C1O)NC(=O)CCCCCCCCCCCCCCCC. The molecule has 3 heterocycles. The zero-order chi connectivity index (χ0) is 64.7. The number of carbonyl (C=O) groups excluding carboxylic acids is 2. The highest BCUT2D eigenvalue weighted by molar-refractivity contribution is 5.77. The maximum Gasteiger partial charge on any atom is 0.364 e. The van der Waals surface area contributed by atoms with E-state index in [1.54, 1.807) is 6.08 Å². The molecule has 14 N–H and O–H groups in total. The number of aliphatic hydroxyl groups is 11. The quantitative estimate of drug-likeness (QED) is 0.0264. The number of aliphatic carboxylic acids is 1. The molecule has 3 aliphatic heterocycles. The third kappa shape index (κ3) is 29.2. The molecule has 3 fully saturated rings. The minimum Gasteiger partial charge on any atom is -0.477 e. The summed E-state index contributed by atoms with van der Waals surface area (Å²) in [6.45, 7) is 2.14. The van der Waals surface area contributed by atoms with E-state index in [1.165, 1.54) is 154 Å². The van der Waals surface area contributed by atoms with Gasteiger partial charge in [-0.05, 0) is 19.3 Å². The molecule has 0 aliphatic carbocycles. The molecule has 18 atom stereocenters. The van der Waals surface area contributed by atoms with Crippen molar-refractivity contribution < 1.29 is 104 Å². The highest BCUT2D eigenvalue weighted by Gasteiger charge is 2.60. The number of hydrogen-bond acceptors (Lipinski definition) is 20. The molecule has 0 aromatic heterocycles. The summed E-state index contributed by atoms with van der Waals surface area (Å²) in [6, 6.07) is -2.61. The van der Waals surface area contributed by atoms with Gasteiger partial charge in [-0.2, -0.15) is 0 Å². The Labute approximate surface area is 524 Å². The Kier molecular flexibility index (Phi) is 42.1. The lowest BCUT2D eigenvalue weighted by atomic mass is 9.88. The molecule has 0 spiro atoms. The molecule has 88 heavy (non-hydrogen) atoms. The standard InChI is InChI=1S/C65H120N2O21/c1-4-6-8-10-12-14-16-18-20-21-22-23-24-25-26-28-30-32-34-36-38-47(72)46(67-52(75)39-37-35-33-31-29-27-19-17-15-13-11-9-7-5-2)44-83-62-57(79)56(78)59(51(43-70)85-62)86-63-58(80)61(55(77)50(42-69)84-63)88-65(64(81)82)40-48(73)53(66-45(3)71)60(87-65)54(76)49(74)41-68/h36,38,46-51,53-63,68-70,72-74,76-80H,4-35,37,39-44H2,1-3H3,(H,66,71)(H,67,75)(H,81,82)/b38-36+. The molecule has 0 bridgehead atoms. The molecule has 0 aromatic carbocycles. The zero-order valence-electron chi connectivity index (χ0n) is 53.6. The molecule has 516 valence electrons. The first kappa shape index (κ1) is 79.7. The van der Waals surface area contributed by atoms with Crippen molar-refractivity contribution in [1.82, 2.24) is 10.6 Å². The van der Waals surface area contributed by atoms with E-state index >= 15 is 0 Å². The van der Waals surface area contributed by atoms with Crippen molar-refractivity contribution >= 4 is 17.8 Å². The Bertz CT molecular complexity index is 1840. The van der Waals surface area contributed by atoms with Crippen LogP contribution in [0.25, 0.3) is 0 Å². The molecule has 0 saturated carbocycles. The fourth-order valence-electron chi connectivity index (χ4n) is 12.0. The maximum atomic E-state index is 13.4. The predicted molar refractivity (Wildman–Crippen MR) is 329 cm³/mol. The van der Waals surface area contributed by atoms with Crippen LogP contribution < -0.4 is 10.6 Å². The smallest absolute Gasteiger partial charge is 0.364 e. The molecule has 18 unspecified atom stereocenters. The number of rotatable bonds is 51. The van der Waals surface area contributed by atoms with E-state index in [-0.39, 0.29) is 12.3 Å². The molecule has 23 nitrogen and oxygen atoms in total. The summed E-state index contributed by atoms with van der Waals surface area (Å²) >= 11 is 0. The third-order valence-electron chi connectivity index (χ3n) is 17.5. The topological polar surface area (TPSA) is 373 Å². The van der Waals surface area contributed by atoms with E-state index in [4.69, 9.17) is 28.4 Å². The van der Waals surface area contributed by atoms with Crippen LogP contribution >= 0.6 is 0 Å². The fourth-order valence-corrected chi connectivity index (χ4v) is 12.0. The second-order valence-electron chi connectivity index (χ2n) is 25.0. The Balaban J connectivity index is 1.62. The van der Waals surface area contributed by atoms with Gasteiger partial charge in [0.25, 0.3) is 5.79 Å². The number of hydrogen-bond donors (Lipinski definition) is 14. The lowest BCUT2D eigenvalue weighted by molar-refractivity contribution is -0.386. The van der Waals surface area contributed by atoms with Crippen molar-refractivity contribution in [2.45, 2.75) is 355 Å². The Morgan fingerprint density at radius 2 is 1.06 bits per heavy atom. The lowest BCUT2D eigenvalue weighted by Crippen LogP contribution is -2.70. The van der Waals surface area contributed by atoms with E-state index in [0.29, 0.717) is 12.8 Å². The van der Waals surface area contributed by atoms with Crippen molar-refractivity contribution in [3.63, 3.8) is 0 Å². The van der Waals surface area contributed by atoms with Crippen LogP contribution in [0.3, 0.4) is 0 Å². The van der Waals surface area contributed by atoms with Crippen LogP contribution in [0.15, 0.2) is 12.2 Å². The molecule has 23 heteroatoms. The van der Waals surface area contributed by atoms with Gasteiger partial charge in [0.1, 0.15) is 67.1 Å². The van der Waals surface area contributed by atoms with Gasteiger partial charge in [0.15, 0.2) is 12.6 Å². The third-order valence-corrected chi connectivity index (χ3v) is 17.5. The molecular weight excluding hydrogens is 1140 g/mol. The number of carbonyl (C=O) groups is 3. The molecule has 0 aromatic rings. The number of unbranched alkanes of at least 4 members (excludes halogenated alkanes) is 31. The second kappa shape index (κ2) is 46.5. The highest BCUT2D eigenvalue weighted by Crippen LogP contribution is 2.39. The van der Waals surface area contributed by atoms with Gasteiger partial charge in [0.05, 0.1) is 50.7 Å². The second-order valence-corrected chi connectivity index (χ2v) is 25.0. The number of ether oxygens (including phenoxy) is 6. The van der Waals surface area contributed by atoms with Crippen LogP contribution in [0.4, 0.5) is 0 Å². The van der Waals surface area contributed by atoms with Gasteiger partial charge in [-0.3, -0.25) is 9.59 Å². The van der Waals surface area contributed by atoms with Gasteiger partial charge >= 0.3 is 5.97 Å². The Morgan fingerprint density at radius 1 is 0.591 bits per heavy atom. The average Bonchev–Trinajstić information content (AvgIpc) is 0.809. The van der Waals surface area contributed by atoms with Crippen molar-refractivity contribution in [3.8, 4) is 0 Å². The number of aliphatic hydroxyl groups excluding tert-OH is 11. The lowest BCUT2D eigenvalue weighted by Gasteiger charge is -2.50. The van der Waals surface area contributed by atoms with Crippen LogP contribution in [0, 0.1) is 0 Å². The van der Waals surface area contributed by atoms with Crippen LogP contribution in [-0.4, -0.2) is 215 Å². The van der Waals surface area contributed by atoms with E-state index in [2.05, 4.69) is 24.5 Å². The van der Waals surface area contributed by atoms with E-state index < -0.39 is 155 Å². The Morgan fingerprint density at radius 3 is 1.51 bits per heavy atom. The first-order chi connectivity index (χ1) is 42.4. The van der Waals surface area contributed by atoms with Gasteiger partial charge in [-0.25, -0.2) is 4.79 Å². The molecular formula is C65H120N2O21. The predicted octanol–water partition coefficient (Wildman–Crippen LogP) is 5.51. The minimum atomic E-state index is -3.08. The Hall–Kier alpha value is -2.53. The zero-order valence-corrected chi connectivity index (χ0v) is 53.6. The normalized spacial score (nSPS) is 29.0. The van der Waals surface area contributed by atoms with Gasteiger partial charge in [-0.1, -0.05) is 219 Å². The first-order valence-electron chi connectivity index (χ1n) is 34.1. The van der Waals surface area contributed by atoms with Crippen molar-refractivity contribution in [3.05, 3.63) is 12.2 Å². The maximum absolute atomic E-state index is 13.4. The summed E-state index contributed by atoms with van der Waals surface area (Å²) in [6.07, 6.45) is 14.0. The largest absolute Gasteiger partial charge is 0.477 e. The molecule has 2 amide bonds. The van der Waals surface area contributed by atoms with Crippen molar-refractivity contribution in [1.29, 1.82) is 0 Å². The van der Waals surface area contributed by atoms with Crippen molar-refractivity contribution in [2.24, 2.45) is 0 Å². The molecule has 3 saturated heterocycles. The van der Waals surface area contributed by atoms with E-state index in [1.807, 2.05) is 6.08 Å². The van der Waals surface area contributed by atoms with Gasteiger partial charge in [0, 0.05) is 19.8 Å². The molecule has 0 radical (unpaired) electrons. The fraction of sp³-hybridized carbons (Fsp3) is 0.923. The van der Waals surface area contributed by atoms with Crippen LogP contribution in [0.2, 0.25) is 0 Å². The number of amides is 2. The number of carboxylic acids is 1. The van der Waals surface area contributed by atoms with Crippen LogP contribution in [0.5, 0.6) is 0 Å². The monoisotopic (exact) mass is 1260 g/mol. The highest BCUT2D eigenvalue weighted by atomic mass is 16.8. The summed E-state index contributed by atoms with van der Waals surface area (Å²) < 4.78 is 34.8. The van der Waals surface area contributed by atoms with E-state index in [9.17, 15) is 75.7 Å². The minimum absolute atomic E-state index is 0.204. The van der Waals surface area contributed by atoms with Gasteiger partial charge in [-0.15, -0.1) is 0 Å². The van der Waals surface area contributed by atoms with Gasteiger partial charge < -0.3 is 100 Å². The number of nitrogens with one attached hydrogen (secondary N) is 2. The average molecular weight is 1270 g/mol. The van der Waals surface area contributed by atoms with Gasteiger partial charge in [0.2, 0.25) is 11.8 Å². The van der Waals surface area contributed by atoms with E-state index in [0.717, 1.165) is 51.9 Å². The summed E-state index contributed by atoms with van der Waals surface area (Å²) in [5, 5.41) is 136. The number of allylic oxidation sites excluding steroid dienone is 1. The molecule has 3 rings (SSSR count). The summed E-state index contributed by atoms with van der Waals surface area (Å²) in [5.41, 5.74) is 0. The first-order valence-corrected chi connectivity index (χ1v) is 34.1. The van der Waals surface area contributed by atoms with Crippen LogP contribution in [-0.2, 0) is 42.8 Å².